The number of carboxylic acids is 1. The Balaban J connectivity index is 1.79. The molecular weight excluding hydrogens is 334 g/mol. The van der Waals surface area contributed by atoms with Crippen LogP contribution >= 0.6 is 0 Å². The van der Waals surface area contributed by atoms with E-state index in [1.54, 1.807) is 0 Å². The Hall–Kier alpha value is -1.85. The number of nitrogens with one attached hydrogen (secondary N) is 1. The summed E-state index contributed by atoms with van der Waals surface area (Å²) >= 11 is 0. The second kappa shape index (κ2) is 7.05. The van der Waals surface area contributed by atoms with Crippen LogP contribution in [0.4, 0.5) is 0 Å². The summed E-state index contributed by atoms with van der Waals surface area (Å²) in [4.78, 5) is 36.1. The highest BCUT2D eigenvalue weighted by Crippen LogP contribution is 2.49. The molecule has 1 unspecified atom stereocenters. The zero-order chi connectivity index (χ0) is 19.1. The highest BCUT2D eigenvalue weighted by molar-refractivity contribution is 5.99. The number of rotatable bonds is 6. The van der Waals surface area contributed by atoms with Crippen molar-refractivity contribution in [1.82, 2.24) is 5.32 Å². The molecule has 6 atom stereocenters. The molecule has 6 heteroatoms. The lowest BCUT2D eigenvalue weighted by atomic mass is 9.74. The van der Waals surface area contributed by atoms with Crippen molar-refractivity contribution in [2.45, 2.75) is 70.9 Å². The number of hydrogen-bond acceptors (Lipinski definition) is 4. The fourth-order valence-electron chi connectivity index (χ4n) is 4.98. The number of allylic oxidation sites excluding steroid dienone is 1. The first kappa shape index (κ1) is 18.9. The predicted molar refractivity (Wildman–Crippen MR) is 95.2 cm³/mol. The van der Waals surface area contributed by atoms with Gasteiger partial charge in [0.25, 0.3) is 0 Å². The third kappa shape index (κ3) is 3.26. The van der Waals surface area contributed by atoms with Gasteiger partial charge in [-0.3, -0.25) is 9.59 Å². The summed E-state index contributed by atoms with van der Waals surface area (Å²) in [6, 6.07) is 0. The Morgan fingerprint density at radius 2 is 2.00 bits per heavy atom. The van der Waals surface area contributed by atoms with Crippen LogP contribution < -0.4 is 5.32 Å². The van der Waals surface area contributed by atoms with Crippen molar-refractivity contribution in [3.8, 4) is 0 Å². The maximum Gasteiger partial charge on any atom is 0.329 e. The molecule has 3 rings (SSSR count). The molecule has 2 fully saturated rings. The van der Waals surface area contributed by atoms with E-state index in [1.165, 1.54) is 6.92 Å². The van der Waals surface area contributed by atoms with Gasteiger partial charge in [0.05, 0.1) is 0 Å². The summed E-state index contributed by atoms with van der Waals surface area (Å²) in [6.07, 6.45) is 6.52. The van der Waals surface area contributed by atoms with E-state index in [2.05, 4.69) is 12.2 Å². The van der Waals surface area contributed by atoms with E-state index in [9.17, 15) is 19.5 Å². The van der Waals surface area contributed by atoms with Crippen molar-refractivity contribution in [1.29, 1.82) is 0 Å². The van der Waals surface area contributed by atoms with E-state index in [4.69, 9.17) is 4.74 Å². The van der Waals surface area contributed by atoms with Crippen molar-refractivity contribution in [2.75, 3.05) is 0 Å². The summed E-state index contributed by atoms with van der Waals surface area (Å²) in [7, 11) is 0. The Labute approximate surface area is 154 Å². The number of esters is 1. The molecule has 26 heavy (non-hydrogen) atoms. The van der Waals surface area contributed by atoms with Gasteiger partial charge in [0.1, 0.15) is 11.6 Å². The molecule has 0 bridgehead atoms. The van der Waals surface area contributed by atoms with Crippen LogP contribution in [0, 0.1) is 23.7 Å². The fraction of sp³-hybridized carbons (Fsp3) is 0.750. The van der Waals surface area contributed by atoms with Gasteiger partial charge in [0, 0.05) is 18.4 Å². The average Bonchev–Trinajstić information content (AvgIpc) is 3.19. The summed E-state index contributed by atoms with van der Waals surface area (Å²) in [5.74, 6) is -1.01. The molecule has 2 saturated carbocycles. The number of fused-ring (bicyclic) bond motifs is 1. The van der Waals surface area contributed by atoms with Gasteiger partial charge in [-0.1, -0.05) is 26.3 Å². The Bertz CT molecular complexity index is 642. The van der Waals surface area contributed by atoms with Crippen LogP contribution in [-0.4, -0.2) is 34.6 Å². The van der Waals surface area contributed by atoms with E-state index in [0.717, 1.165) is 32.1 Å². The Morgan fingerprint density at radius 3 is 2.54 bits per heavy atom. The molecule has 0 heterocycles. The third-order valence-electron chi connectivity index (χ3n) is 6.57. The SMILES string of the molecule is CC[C@H]1C=C(C(=O)N[C@@]2(C(=O)O)C[C@@H]2CC)[C@H]2CCC(OC(C)=O)[C@H]2C1. The number of hydrogen-bond donors (Lipinski definition) is 2. The van der Waals surface area contributed by atoms with Crippen LogP contribution in [-0.2, 0) is 19.1 Å². The standard InChI is InChI=1S/C20H29NO5/c1-4-12-8-15-14(6-7-17(15)26-11(3)22)16(9-12)18(23)21-20(19(24)25)10-13(20)5-2/h9,12-15,17H,4-8,10H2,1-3H3,(H,21,23)(H,24,25)/t12-,13+,14+,15+,17?,20+/m1/s1. The van der Waals surface area contributed by atoms with E-state index in [0.29, 0.717) is 12.0 Å². The molecule has 2 N–H and O–H groups in total. The van der Waals surface area contributed by atoms with Crippen molar-refractivity contribution in [2.24, 2.45) is 23.7 Å². The molecule has 144 valence electrons. The molecular formula is C20H29NO5. The molecule has 3 aliphatic rings. The van der Waals surface area contributed by atoms with Crippen LogP contribution in [0.25, 0.3) is 0 Å². The number of carbonyl (C=O) groups excluding carboxylic acids is 2. The lowest BCUT2D eigenvalue weighted by Gasteiger charge is -2.33. The quantitative estimate of drug-likeness (QED) is 0.708. The number of carbonyl (C=O) groups is 3. The van der Waals surface area contributed by atoms with E-state index in [1.807, 2.05) is 13.0 Å². The summed E-state index contributed by atoms with van der Waals surface area (Å²) in [6.45, 7) is 5.45. The minimum Gasteiger partial charge on any atom is -0.479 e. The normalized spacial score (nSPS) is 38.1. The lowest BCUT2D eigenvalue weighted by molar-refractivity contribution is -0.148. The topological polar surface area (TPSA) is 92.7 Å². The van der Waals surface area contributed by atoms with Gasteiger partial charge in [-0.25, -0.2) is 4.79 Å². The highest BCUT2D eigenvalue weighted by atomic mass is 16.5. The monoisotopic (exact) mass is 363 g/mol. The molecule has 0 aromatic carbocycles. The summed E-state index contributed by atoms with van der Waals surface area (Å²) in [5.41, 5.74) is -0.403. The third-order valence-corrected chi connectivity index (χ3v) is 6.57. The second-order valence-electron chi connectivity index (χ2n) is 8.06. The minimum atomic E-state index is -1.10. The molecule has 6 nitrogen and oxygen atoms in total. The maximum atomic E-state index is 13.0. The van der Waals surface area contributed by atoms with Crippen molar-refractivity contribution in [3.05, 3.63) is 11.6 Å². The summed E-state index contributed by atoms with van der Waals surface area (Å²) < 4.78 is 5.50. The van der Waals surface area contributed by atoms with Crippen molar-refractivity contribution >= 4 is 17.8 Å². The largest absolute Gasteiger partial charge is 0.479 e. The number of aliphatic carboxylic acids is 1. The van der Waals surface area contributed by atoms with Crippen LogP contribution in [0.1, 0.15) is 59.3 Å². The molecule has 3 aliphatic carbocycles. The van der Waals surface area contributed by atoms with Gasteiger partial charge in [0.2, 0.25) is 5.91 Å². The van der Waals surface area contributed by atoms with Crippen LogP contribution in [0.2, 0.25) is 0 Å². The van der Waals surface area contributed by atoms with Crippen LogP contribution in [0.5, 0.6) is 0 Å². The molecule has 0 aromatic heterocycles. The molecule has 1 amide bonds. The first-order valence-electron chi connectivity index (χ1n) is 9.77. The van der Waals surface area contributed by atoms with Crippen LogP contribution in [0.3, 0.4) is 0 Å². The number of carboxylic acid groups (broad SMARTS) is 1. The van der Waals surface area contributed by atoms with E-state index < -0.39 is 11.5 Å². The molecule has 0 radical (unpaired) electrons. The Morgan fingerprint density at radius 1 is 1.27 bits per heavy atom. The zero-order valence-electron chi connectivity index (χ0n) is 15.8. The van der Waals surface area contributed by atoms with Crippen molar-refractivity contribution in [3.63, 3.8) is 0 Å². The Kier molecular flexibility index (Phi) is 5.13. The minimum absolute atomic E-state index is 0.00304. The fourth-order valence-corrected chi connectivity index (χ4v) is 4.98. The number of ether oxygens (including phenoxy) is 1. The molecule has 0 aliphatic heterocycles. The van der Waals surface area contributed by atoms with Gasteiger partial charge in [-0.15, -0.1) is 0 Å². The first-order chi connectivity index (χ1) is 12.3. The number of amides is 1. The van der Waals surface area contributed by atoms with Crippen molar-refractivity contribution < 1.29 is 24.2 Å². The van der Waals surface area contributed by atoms with Crippen LogP contribution in [0.15, 0.2) is 11.6 Å². The van der Waals surface area contributed by atoms with Gasteiger partial charge in [-0.05, 0) is 49.9 Å². The van der Waals surface area contributed by atoms with Gasteiger partial charge < -0.3 is 15.2 Å². The molecule has 0 saturated heterocycles. The zero-order valence-corrected chi connectivity index (χ0v) is 15.8. The second-order valence-corrected chi connectivity index (χ2v) is 8.06. The molecule has 0 aromatic rings. The predicted octanol–water partition coefficient (Wildman–Crippen LogP) is 2.67. The maximum absolute atomic E-state index is 13.0. The van der Waals surface area contributed by atoms with Gasteiger partial charge >= 0.3 is 11.9 Å². The lowest BCUT2D eigenvalue weighted by Crippen LogP contribution is -2.47. The highest BCUT2D eigenvalue weighted by Gasteiger charge is 2.61. The van der Waals surface area contributed by atoms with Gasteiger partial charge in [-0.2, -0.15) is 0 Å². The molecule has 0 spiro atoms. The smallest absolute Gasteiger partial charge is 0.329 e. The van der Waals surface area contributed by atoms with Gasteiger partial charge in [0.15, 0.2) is 0 Å². The summed E-state index contributed by atoms with van der Waals surface area (Å²) in [5, 5.41) is 12.4. The van der Waals surface area contributed by atoms with E-state index in [-0.39, 0.29) is 41.7 Å². The van der Waals surface area contributed by atoms with E-state index >= 15 is 0 Å². The first-order valence-corrected chi connectivity index (χ1v) is 9.77. The average molecular weight is 363 g/mol.